The van der Waals surface area contributed by atoms with E-state index in [-0.39, 0.29) is 6.04 Å². The van der Waals surface area contributed by atoms with Crippen LogP contribution in [0.15, 0.2) is 48.8 Å². The fourth-order valence-electron chi connectivity index (χ4n) is 3.73. The van der Waals surface area contributed by atoms with Gasteiger partial charge in [0.1, 0.15) is 17.3 Å². The Bertz CT molecular complexity index is 1120. The highest BCUT2D eigenvalue weighted by Crippen LogP contribution is 2.26. The lowest BCUT2D eigenvalue weighted by atomic mass is 10.1. The van der Waals surface area contributed by atoms with Crippen LogP contribution in [0.5, 0.6) is 0 Å². The smallest absolute Gasteiger partial charge is 0.123 e. The zero-order valence-corrected chi connectivity index (χ0v) is 16.8. The monoisotopic (exact) mass is 400 g/mol. The second-order valence-electron chi connectivity index (χ2n) is 7.68. The Morgan fingerprint density at radius 1 is 0.900 bits per heavy atom. The van der Waals surface area contributed by atoms with Gasteiger partial charge in [-0.2, -0.15) is 0 Å². The third-order valence-corrected chi connectivity index (χ3v) is 5.44. The van der Waals surface area contributed by atoms with Crippen LogP contribution < -0.4 is 11.1 Å². The molecule has 0 saturated carbocycles. The van der Waals surface area contributed by atoms with Gasteiger partial charge in [-0.15, -0.1) is 10.2 Å². The molecule has 4 heterocycles. The summed E-state index contributed by atoms with van der Waals surface area (Å²) in [6.45, 7) is 2.95. The molecule has 5 N–H and O–H groups in total. The second-order valence-corrected chi connectivity index (χ2v) is 7.68. The van der Waals surface area contributed by atoms with E-state index >= 15 is 0 Å². The molecule has 0 aliphatic carbocycles. The molecular formula is C22H24N8. The molecule has 8 heteroatoms. The number of benzene rings is 1. The standard InChI is InChI=1S/C22H24N8/c1-13(23)21-25-11-19(27-21)15-6-4-14(5-7-15)16-8-9-17(30-29-16)20-12-26-22(28-20)18-3-2-10-24-18/h4-9,11-13,18,24H,2-3,10,23H2,1H3,(H,25,27)(H,26,28)/t13-,18+/m0/s1. The molecule has 1 aliphatic rings. The van der Waals surface area contributed by atoms with Crippen LogP contribution in [0, 0.1) is 0 Å². The molecular weight excluding hydrogens is 376 g/mol. The minimum absolute atomic E-state index is 0.118. The molecule has 0 bridgehead atoms. The Kier molecular flexibility index (Phi) is 4.86. The average Bonchev–Trinajstić information content (AvgIpc) is 3.55. The Labute approximate surface area is 174 Å². The number of aromatic nitrogens is 6. The van der Waals surface area contributed by atoms with Crippen LogP contribution >= 0.6 is 0 Å². The molecule has 0 spiro atoms. The number of nitrogens with one attached hydrogen (secondary N) is 3. The van der Waals surface area contributed by atoms with Gasteiger partial charge < -0.3 is 21.0 Å². The molecule has 2 atom stereocenters. The van der Waals surface area contributed by atoms with E-state index in [0.29, 0.717) is 6.04 Å². The SMILES string of the molecule is C[C@H](N)c1ncc(-c2ccc(-c3ccc(-c4cnc([C@H]5CCCN5)[nH]4)nn3)cc2)[nH]1. The Morgan fingerprint density at radius 3 is 2.30 bits per heavy atom. The summed E-state index contributed by atoms with van der Waals surface area (Å²) in [5, 5.41) is 12.3. The number of imidazole rings is 2. The van der Waals surface area contributed by atoms with Gasteiger partial charge in [-0.3, -0.25) is 0 Å². The van der Waals surface area contributed by atoms with Crippen LogP contribution in [-0.2, 0) is 0 Å². The first kappa shape index (κ1) is 18.7. The van der Waals surface area contributed by atoms with Gasteiger partial charge in [-0.05, 0) is 44.0 Å². The van der Waals surface area contributed by atoms with E-state index in [1.54, 1.807) is 0 Å². The van der Waals surface area contributed by atoms with Crippen molar-refractivity contribution in [1.82, 2.24) is 35.5 Å². The molecule has 4 aromatic rings. The van der Waals surface area contributed by atoms with Crippen molar-refractivity contribution in [1.29, 1.82) is 0 Å². The molecule has 1 aliphatic heterocycles. The lowest BCUT2D eigenvalue weighted by Gasteiger charge is -2.05. The highest BCUT2D eigenvalue weighted by atomic mass is 15.1. The molecule has 0 amide bonds. The summed E-state index contributed by atoms with van der Waals surface area (Å²) in [6, 6.07) is 12.3. The van der Waals surface area contributed by atoms with Crippen molar-refractivity contribution in [2.45, 2.75) is 31.8 Å². The van der Waals surface area contributed by atoms with Crippen LogP contribution in [0.4, 0.5) is 0 Å². The van der Waals surface area contributed by atoms with Crippen LogP contribution in [0.2, 0.25) is 0 Å². The van der Waals surface area contributed by atoms with E-state index in [4.69, 9.17) is 5.73 Å². The maximum Gasteiger partial charge on any atom is 0.123 e. The molecule has 30 heavy (non-hydrogen) atoms. The summed E-state index contributed by atoms with van der Waals surface area (Å²) in [7, 11) is 0. The van der Waals surface area contributed by atoms with Gasteiger partial charge in [-0.25, -0.2) is 9.97 Å². The quantitative estimate of drug-likeness (QED) is 0.407. The summed E-state index contributed by atoms with van der Waals surface area (Å²) in [6.07, 6.45) is 5.93. The van der Waals surface area contributed by atoms with E-state index in [9.17, 15) is 0 Å². The number of aromatic amines is 2. The van der Waals surface area contributed by atoms with E-state index in [2.05, 4.69) is 35.5 Å². The first-order valence-corrected chi connectivity index (χ1v) is 10.2. The third kappa shape index (κ3) is 3.62. The third-order valence-electron chi connectivity index (χ3n) is 5.44. The number of rotatable bonds is 5. The molecule has 1 saturated heterocycles. The number of nitrogens with two attached hydrogens (primary N) is 1. The fraction of sp³-hybridized carbons (Fsp3) is 0.273. The van der Waals surface area contributed by atoms with Gasteiger partial charge in [0.25, 0.3) is 0 Å². The number of H-pyrrole nitrogens is 2. The number of hydrogen-bond donors (Lipinski definition) is 4. The molecule has 8 nitrogen and oxygen atoms in total. The van der Waals surface area contributed by atoms with Gasteiger partial charge in [0, 0.05) is 5.56 Å². The number of hydrogen-bond acceptors (Lipinski definition) is 6. The predicted octanol–water partition coefficient (Wildman–Crippen LogP) is 3.37. The Morgan fingerprint density at radius 2 is 1.63 bits per heavy atom. The first-order valence-electron chi connectivity index (χ1n) is 10.2. The van der Waals surface area contributed by atoms with Gasteiger partial charge in [0.2, 0.25) is 0 Å². The maximum absolute atomic E-state index is 5.87. The van der Waals surface area contributed by atoms with Gasteiger partial charge in [0.15, 0.2) is 0 Å². The van der Waals surface area contributed by atoms with Gasteiger partial charge in [-0.1, -0.05) is 24.3 Å². The minimum atomic E-state index is -0.118. The van der Waals surface area contributed by atoms with Crippen molar-refractivity contribution < 1.29 is 0 Å². The second kappa shape index (κ2) is 7.81. The van der Waals surface area contributed by atoms with Crippen molar-refractivity contribution in [3.63, 3.8) is 0 Å². The predicted molar refractivity (Wildman–Crippen MR) is 115 cm³/mol. The fourth-order valence-corrected chi connectivity index (χ4v) is 3.73. The lowest BCUT2D eigenvalue weighted by Crippen LogP contribution is -2.14. The minimum Gasteiger partial charge on any atom is -0.341 e. The van der Waals surface area contributed by atoms with Crippen molar-refractivity contribution in [2.24, 2.45) is 5.73 Å². The molecule has 0 radical (unpaired) electrons. The zero-order chi connectivity index (χ0) is 20.5. The highest BCUT2D eigenvalue weighted by molar-refractivity contribution is 5.67. The summed E-state index contributed by atoms with van der Waals surface area (Å²) >= 11 is 0. The van der Waals surface area contributed by atoms with Crippen LogP contribution in [0.25, 0.3) is 33.9 Å². The molecule has 1 aromatic carbocycles. The zero-order valence-electron chi connectivity index (χ0n) is 16.8. The molecule has 0 unspecified atom stereocenters. The van der Waals surface area contributed by atoms with Crippen LogP contribution in [0.3, 0.4) is 0 Å². The van der Waals surface area contributed by atoms with Crippen molar-refractivity contribution >= 4 is 0 Å². The molecule has 3 aromatic heterocycles. The van der Waals surface area contributed by atoms with E-state index < -0.39 is 0 Å². The van der Waals surface area contributed by atoms with Gasteiger partial charge >= 0.3 is 0 Å². The maximum atomic E-state index is 5.87. The highest BCUT2D eigenvalue weighted by Gasteiger charge is 2.19. The summed E-state index contributed by atoms with van der Waals surface area (Å²) in [5.74, 6) is 1.75. The topological polar surface area (TPSA) is 121 Å². The summed E-state index contributed by atoms with van der Waals surface area (Å²) in [5.41, 5.74) is 11.4. The summed E-state index contributed by atoms with van der Waals surface area (Å²) in [4.78, 5) is 15.5. The van der Waals surface area contributed by atoms with Crippen molar-refractivity contribution in [3.8, 4) is 33.9 Å². The van der Waals surface area contributed by atoms with Crippen LogP contribution in [-0.4, -0.2) is 36.7 Å². The average molecular weight is 400 g/mol. The van der Waals surface area contributed by atoms with Gasteiger partial charge in [0.05, 0.1) is 41.6 Å². The van der Waals surface area contributed by atoms with E-state index in [1.165, 1.54) is 6.42 Å². The van der Waals surface area contributed by atoms with E-state index in [1.807, 2.05) is 55.7 Å². The summed E-state index contributed by atoms with van der Waals surface area (Å²) < 4.78 is 0. The molecule has 1 fully saturated rings. The van der Waals surface area contributed by atoms with E-state index in [0.717, 1.165) is 58.5 Å². The Hall–Kier alpha value is -3.36. The van der Waals surface area contributed by atoms with Crippen LogP contribution in [0.1, 0.15) is 43.5 Å². The molecule has 5 rings (SSSR count). The van der Waals surface area contributed by atoms with Crippen molar-refractivity contribution in [2.75, 3.05) is 6.54 Å². The van der Waals surface area contributed by atoms with Crippen molar-refractivity contribution in [3.05, 3.63) is 60.4 Å². The normalized spacial score (nSPS) is 17.3. The Balaban J connectivity index is 1.32. The lowest BCUT2D eigenvalue weighted by molar-refractivity contribution is 0.613. The largest absolute Gasteiger partial charge is 0.341 e. The first-order chi connectivity index (χ1) is 14.7. The number of nitrogens with zero attached hydrogens (tertiary/aromatic N) is 4. The molecule has 152 valence electrons.